The Morgan fingerprint density at radius 1 is 1.37 bits per heavy atom. The molecular weight excluding hydrogens is 322 g/mol. The summed E-state index contributed by atoms with van der Waals surface area (Å²) in [6.45, 7) is 8.50. The zero-order valence-corrected chi connectivity index (χ0v) is 14.1. The van der Waals surface area contributed by atoms with Crippen LogP contribution < -0.4 is 0 Å². The van der Waals surface area contributed by atoms with E-state index in [0.29, 0.717) is 0 Å². The van der Waals surface area contributed by atoms with Gasteiger partial charge in [0.15, 0.2) is 5.78 Å². The van der Waals surface area contributed by atoms with Gasteiger partial charge in [0.1, 0.15) is 0 Å². The van der Waals surface area contributed by atoms with Gasteiger partial charge >= 0.3 is 0 Å². The summed E-state index contributed by atoms with van der Waals surface area (Å²) in [5.74, 6) is 1.32. The largest absolute Gasteiger partial charge is 0.292 e. The second kappa shape index (κ2) is 5.98. The fraction of sp³-hybridized carbons (Fsp3) is 0.533. The molecular formula is C15H20BrNOS. The Balaban J connectivity index is 2.08. The first-order chi connectivity index (χ1) is 8.89. The molecule has 0 radical (unpaired) electrons. The third kappa shape index (κ3) is 3.83. The van der Waals surface area contributed by atoms with Gasteiger partial charge < -0.3 is 0 Å². The van der Waals surface area contributed by atoms with Gasteiger partial charge in [0.2, 0.25) is 0 Å². The smallest absolute Gasteiger partial charge is 0.179 e. The van der Waals surface area contributed by atoms with Crippen LogP contribution in [0.2, 0.25) is 0 Å². The number of hydrogen-bond donors (Lipinski definition) is 0. The summed E-state index contributed by atoms with van der Waals surface area (Å²) in [5.41, 5.74) is 0.798. The Labute approximate surface area is 128 Å². The van der Waals surface area contributed by atoms with E-state index < -0.39 is 0 Å². The van der Waals surface area contributed by atoms with Crippen molar-refractivity contribution in [2.75, 3.05) is 18.8 Å². The molecule has 1 aliphatic rings. The number of thioether (sulfide) groups is 1. The van der Waals surface area contributed by atoms with Crippen molar-refractivity contribution >= 4 is 33.5 Å². The number of Topliss-reactive ketones (excluding diaryl/α,β-unsaturated/α-hetero) is 1. The molecule has 0 aliphatic carbocycles. The highest BCUT2D eigenvalue weighted by molar-refractivity contribution is 9.10. The summed E-state index contributed by atoms with van der Waals surface area (Å²) in [5, 5.41) is 0. The molecule has 2 rings (SSSR count). The van der Waals surface area contributed by atoms with Gasteiger partial charge in [-0.2, -0.15) is 11.8 Å². The predicted molar refractivity (Wildman–Crippen MR) is 86.0 cm³/mol. The Hall–Kier alpha value is -0.320. The Morgan fingerprint density at radius 2 is 2.00 bits per heavy atom. The number of carbonyl (C=O) groups excluding carboxylic acids is 1. The molecule has 104 valence electrons. The Kier molecular flexibility index (Phi) is 4.75. The average molecular weight is 342 g/mol. The summed E-state index contributed by atoms with van der Waals surface area (Å²) in [6.07, 6.45) is 0. The molecule has 0 saturated carbocycles. The van der Waals surface area contributed by atoms with Crippen LogP contribution in [0.5, 0.6) is 0 Å². The minimum atomic E-state index is -0.0404. The summed E-state index contributed by atoms with van der Waals surface area (Å²) in [7, 11) is 0. The molecule has 0 N–H and O–H groups in total. The van der Waals surface area contributed by atoms with E-state index in [9.17, 15) is 4.79 Å². The van der Waals surface area contributed by atoms with E-state index in [1.165, 1.54) is 0 Å². The predicted octanol–water partition coefficient (Wildman–Crippen LogP) is 3.85. The van der Waals surface area contributed by atoms with Crippen LogP contribution in [0.15, 0.2) is 28.7 Å². The average Bonchev–Trinajstić information content (AvgIpc) is 2.37. The maximum absolute atomic E-state index is 12.5. The molecule has 0 spiro atoms. The molecule has 1 unspecified atom stereocenters. The van der Waals surface area contributed by atoms with E-state index >= 15 is 0 Å². The third-order valence-electron chi connectivity index (χ3n) is 3.51. The van der Waals surface area contributed by atoms with Crippen molar-refractivity contribution < 1.29 is 4.79 Å². The van der Waals surface area contributed by atoms with Crippen molar-refractivity contribution in [3.63, 3.8) is 0 Å². The number of rotatable bonds is 3. The molecule has 2 nitrogen and oxygen atoms in total. The van der Waals surface area contributed by atoms with Gasteiger partial charge in [-0.25, -0.2) is 0 Å². The maximum atomic E-state index is 12.5. The molecule has 19 heavy (non-hydrogen) atoms. The molecule has 1 saturated heterocycles. The zero-order chi connectivity index (χ0) is 14.0. The van der Waals surface area contributed by atoms with E-state index in [4.69, 9.17) is 0 Å². The second-order valence-electron chi connectivity index (χ2n) is 5.63. The highest BCUT2D eigenvalue weighted by Gasteiger charge is 2.32. The molecule has 4 heteroatoms. The van der Waals surface area contributed by atoms with E-state index in [2.05, 4.69) is 34.7 Å². The highest BCUT2D eigenvalue weighted by Crippen LogP contribution is 2.30. The standard InChI is InChI=1S/C15H20BrNOS/c1-11(17-8-9-19-15(2,3)10-17)14(18)12-4-6-13(16)7-5-12/h4-7,11H,8-10H2,1-3H3. The van der Waals surface area contributed by atoms with Crippen molar-refractivity contribution in [3.05, 3.63) is 34.3 Å². The third-order valence-corrected chi connectivity index (χ3v) is 5.34. The molecule has 1 aromatic rings. The van der Waals surface area contributed by atoms with Crippen molar-refractivity contribution in [2.24, 2.45) is 0 Å². The first-order valence-corrected chi connectivity index (χ1v) is 8.35. The van der Waals surface area contributed by atoms with Crippen LogP contribution in [0.25, 0.3) is 0 Å². The number of nitrogens with zero attached hydrogens (tertiary/aromatic N) is 1. The van der Waals surface area contributed by atoms with Gasteiger partial charge in [-0.15, -0.1) is 0 Å². The van der Waals surface area contributed by atoms with Crippen LogP contribution >= 0.6 is 27.7 Å². The van der Waals surface area contributed by atoms with Crippen LogP contribution in [0.4, 0.5) is 0 Å². The SMILES string of the molecule is CC(C(=O)c1ccc(Br)cc1)N1CCSC(C)(C)C1. The van der Waals surface area contributed by atoms with Crippen molar-refractivity contribution in [1.29, 1.82) is 0 Å². The zero-order valence-electron chi connectivity index (χ0n) is 11.6. The Bertz CT molecular complexity index is 458. The summed E-state index contributed by atoms with van der Waals surface area (Å²) < 4.78 is 1.25. The first kappa shape index (κ1) is 15.1. The van der Waals surface area contributed by atoms with E-state index in [-0.39, 0.29) is 16.6 Å². The molecule has 1 aromatic carbocycles. The van der Waals surface area contributed by atoms with E-state index in [1.54, 1.807) is 0 Å². The molecule has 0 bridgehead atoms. The lowest BCUT2D eigenvalue weighted by molar-refractivity contribution is 0.0832. The molecule has 0 aromatic heterocycles. The number of hydrogen-bond acceptors (Lipinski definition) is 3. The topological polar surface area (TPSA) is 20.3 Å². The van der Waals surface area contributed by atoms with Crippen LogP contribution in [0.1, 0.15) is 31.1 Å². The quantitative estimate of drug-likeness (QED) is 0.779. The normalized spacial score (nSPS) is 21.1. The monoisotopic (exact) mass is 341 g/mol. The van der Waals surface area contributed by atoms with Gasteiger partial charge in [0.05, 0.1) is 6.04 Å². The molecule has 1 heterocycles. The van der Waals surface area contributed by atoms with Crippen molar-refractivity contribution in [2.45, 2.75) is 31.6 Å². The number of ketones is 1. The molecule has 1 fully saturated rings. The van der Waals surface area contributed by atoms with Crippen LogP contribution in [0.3, 0.4) is 0 Å². The van der Waals surface area contributed by atoms with Gasteiger partial charge in [0, 0.05) is 33.6 Å². The van der Waals surface area contributed by atoms with Gasteiger partial charge in [-0.1, -0.05) is 28.1 Å². The van der Waals surface area contributed by atoms with Gasteiger partial charge in [0.25, 0.3) is 0 Å². The molecule has 0 amide bonds. The fourth-order valence-electron chi connectivity index (χ4n) is 2.40. The lowest BCUT2D eigenvalue weighted by atomic mass is 10.0. The lowest BCUT2D eigenvalue weighted by Gasteiger charge is -2.40. The molecule has 1 atom stereocenters. The van der Waals surface area contributed by atoms with Crippen LogP contribution in [0, 0.1) is 0 Å². The lowest BCUT2D eigenvalue weighted by Crippen LogP contribution is -2.49. The number of carbonyl (C=O) groups is 1. The van der Waals surface area contributed by atoms with E-state index in [0.717, 1.165) is 28.9 Å². The number of benzene rings is 1. The highest BCUT2D eigenvalue weighted by atomic mass is 79.9. The van der Waals surface area contributed by atoms with Gasteiger partial charge in [-0.05, 0) is 32.9 Å². The van der Waals surface area contributed by atoms with E-state index in [1.807, 2.05) is 43.0 Å². The maximum Gasteiger partial charge on any atom is 0.179 e. The van der Waals surface area contributed by atoms with Crippen molar-refractivity contribution in [1.82, 2.24) is 4.90 Å². The van der Waals surface area contributed by atoms with Crippen molar-refractivity contribution in [3.8, 4) is 0 Å². The van der Waals surface area contributed by atoms with Gasteiger partial charge in [-0.3, -0.25) is 9.69 Å². The number of halogens is 1. The Morgan fingerprint density at radius 3 is 2.58 bits per heavy atom. The van der Waals surface area contributed by atoms with Crippen LogP contribution in [-0.2, 0) is 0 Å². The first-order valence-electron chi connectivity index (χ1n) is 6.57. The molecule has 1 aliphatic heterocycles. The minimum absolute atomic E-state index is 0.0404. The van der Waals surface area contributed by atoms with Crippen LogP contribution in [-0.4, -0.2) is 40.3 Å². The summed E-state index contributed by atoms with van der Waals surface area (Å²) in [4.78, 5) is 14.8. The fourth-order valence-corrected chi connectivity index (χ4v) is 3.80. The summed E-state index contributed by atoms with van der Waals surface area (Å²) in [6, 6.07) is 7.60. The summed E-state index contributed by atoms with van der Waals surface area (Å²) >= 11 is 5.39. The second-order valence-corrected chi connectivity index (χ2v) is 8.34. The minimum Gasteiger partial charge on any atom is -0.292 e.